The molecule has 122 valence electrons. The van der Waals surface area contributed by atoms with Crippen LogP contribution < -0.4 is 9.46 Å². The van der Waals surface area contributed by atoms with Crippen LogP contribution in [0.1, 0.15) is 11.1 Å². The van der Waals surface area contributed by atoms with E-state index in [-0.39, 0.29) is 11.4 Å². The number of fused-ring (bicyclic) bond motifs is 3. The highest BCUT2D eigenvalue weighted by atomic mass is 32.2. The first-order chi connectivity index (χ1) is 11.6. The molecular formula is C16H13N3O4S. The monoisotopic (exact) mass is 343 g/mol. The van der Waals surface area contributed by atoms with E-state index in [1.165, 1.54) is 12.1 Å². The molecule has 0 aliphatic carbocycles. The summed E-state index contributed by atoms with van der Waals surface area (Å²) >= 11 is 0. The van der Waals surface area contributed by atoms with Gasteiger partial charge in [-0.3, -0.25) is 4.98 Å². The molecule has 2 aromatic heterocycles. The van der Waals surface area contributed by atoms with E-state index in [1.807, 2.05) is 0 Å². The molecule has 7 nitrogen and oxygen atoms in total. The summed E-state index contributed by atoms with van der Waals surface area (Å²) in [5.74, 6) is 1.12. The molecular weight excluding hydrogens is 330 g/mol. The van der Waals surface area contributed by atoms with Crippen molar-refractivity contribution in [2.75, 3.05) is 0 Å². The van der Waals surface area contributed by atoms with E-state index in [2.05, 4.69) is 14.9 Å². The fourth-order valence-corrected chi connectivity index (χ4v) is 3.53. The Morgan fingerprint density at radius 2 is 2.12 bits per heavy atom. The second kappa shape index (κ2) is 5.73. The van der Waals surface area contributed by atoms with Crippen molar-refractivity contribution in [1.82, 2.24) is 14.9 Å². The lowest BCUT2D eigenvalue weighted by atomic mass is 10.1. The minimum absolute atomic E-state index is 0.137. The molecule has 0 unspecified atom stereocenters. The van der Waals surface area contributed by atoms with E-state index < -0.39 is 10.0 Å². The van der Waals surface area contributed by atoms with E-state index >= 15 is 0 Å². The fraction of sp³-hybridized carbons (Fsp3) is 0.125. The van der Waals surface area contributed by atoms with Gasteiger partial charge in [-0.15, -0.1) is 0 Å². The number of ether oxygens (including phenoxy) is 1. The SMILES string of the molecule is O=S(=O)(NCc1cccnc1)c1ccc2c(c1)-c1oncc1CO2. The van der Waals surface area contributed by atoms with Crippen LogP contribution in [0.3, 0.4) is 0 Å². The number of sulfonamides is 1. The average molecular weight is 343 g/mol. The first kappa shape index (κ1) is 14.9. The van der Waals surface area contributed by atoms with E-state index in [1.54, 1.807) is 36.8 Å². The molecule has 0 saturated carbocycles. The van der Waals surface area contributed by atoms with Crippen molar-refractivity contribution < 1.29 is 17.7 Å². The minimum Gasteiger partial charge on any atom is -0.488 e. The second-order valence-corrected chi connectivity index (χ2v) is 7.08. The number of aromatic nitrogens is 2. The Balaban J connectivity index is 1.64. The Morgan fingerprint density at radius 3 is 2.96 bits per heavy atom. The summed E-state index contributed by atoms with van der Waals surface area (Å²) in [4.78, 5) is 4.10. The first-order valence-corrected chi connectivity index (χ1v) is 8.71. The minimum atomic E-state index is -3.67. The molecule has 1 aromatic carbocycles. The second-order valence-electron chi connectivity index (χ2n) is 5.31. The summed E-state index contributed by atoms with van der Waals surface area (Å²) in [7, 11) is -3.67. The molecule has 0 radical (unpaired) electrons. The molecule has 1 N–H and O–H groups in total. The van der Waals surface area contributed by atoms with Gasteiger partial charge in [0, 0.05) is 18.9 Å². The predicted molar refractivity (Wildman–Crippen MR) is 84.5 cm³/mol. The lowest BCUT2D eigenvalue weighted by Crippen LogP contribution is -2.23. The quantitative estimate of drug-likeness (QED) is 0.780. The zero-order valence-electron chi connectivity index (χ0n) is 12.5. The van der Waals surface area contributed by atoms with Crippen molar-refractivity contribution in [2.45, 2.75) is 18.0 Å². The van der Waals surface area contributed by atoms with E-state index in [4.69, 9.17) is 9.26 Å². The molecule has 1 aliphatic heterocycles. The Hall–Kier alpha value is -2.71. The van der Waals surface area contributed by atoms with Crippen LogP contribution in [0.25, 0.3) is 11.3 Å². The number of hydrogen-bond donors (Lipinski definition) is 1. The number of benzene rings is 1. The molecule has 24 heavy (non-hydrogen) atoms. The Labute approximate surface area is 138 Å². The maximum Gasteiger partial charge on any atom is 0.240 e. The molecule has 3 aromatic rings. The number of nitrogens with zero attached hydrogens (tertiary/aromatic N) is 2. The maximum atomic E-state index is 12.5. The van der Waals surface area contributed by atoms with Gasteiger partial charge in [-0.25, -0.2) is 13.1 Å². The van der Waals surface area contributed by atoms with Gasteiger partial charge in [-0.1, -0.05) is 11.2 Å². The smallest absolute Gasteiger partial charge is 0.240 e. The third-order valence-electron chi connectivity index (χ3n) is 3.72. The third kappa shape index (κ3) is 2.66. The standard InChI is InChI=1S/C16H13N3O4S/c20-24(21,19-8-11-2-1-5-17-7-11)13-3-4-15-14(6-13)16-12(10-22-15)9-18-23-16/h1-7,9,19H,8,10H2. The van der Waals surface area contributed by atoms with E-state index in [0.717, 1.165) is 11.1 Å². The Bertz CT molecular complexity index is 984. The van der Waals surface area contributed by atoms with Gasteiger partial charge in [0.15, 0.2) is 5.76 Å². The number of nitrogens with one attached hydrogen (secondary N) is 1. The van der Waals surface area contributed by atoms with Gasteiger partial charge in [0.05, 0.1) is 22.2 Å². The van der Waals surface area contributed by atoms with Gasteiger partial charge < -0.3 is 9.26 Å². The van der Waals surface area contributed by atoms with Crippen LogP contribution in [0.2, 0.25) is 0 Å². The highest BCUT2D eigenvalue weighted by Crippen LogP contribution is 2.38. The van der Waals surface area contributed by atoms with Crippen LogP contribution in [0, 0.1) is 0 Å². The molecule has 0 atom stereocenters. The first-order valence-electron chi connectivity index (χ1n) is 7.23. The highest BCUT2D eigenvalue weighted by molar-refractivity contribution is 7.89. The van der Waals surface area contributed by atoms with Gasteiger partial charge in [0.25, 0.3) is 0 Å². The van der Waals surface area contributed by atoms with Gasteiger partial charge in [0.2, 0.25) is 10.0 Å². The van der Waals surface area contributed by atoms with Crippen LogP contribution >= 0.6 is 0 Å². The van der Waals surface area contributed by atoms with Crippen LogP contribution in [-0.2, 0) is 23.2 Å². The summed E-state index contributed by atoms with van der Waals surface area (Å²) in [6, 6.07) is 8.22. The molecule has 0 amide bonds. The maximum absolute atomic E-state index is 12.5. The molecule has 0 bridgehead atoms. The van der Waals surface area contributed by atoms with Gasteiger partial charge >= 0.3 is 0 Å². The van der Waals surface area contributed by atoms with Crippen LogP contribution in [0.4, 0.5) is 0 Å². The third-order valence-corrected chi connectivity index (χ3v) is 5.12. The molecule has 8 heteroatoms. The largest absolute Gasteiger partial charge is 0.488 e. The average Bonchev–Trinajstić information content (AvgIpc) is 3.10. The van der Waals surface area contributed by atoms with Crippen LogP contribution in [0.15, 0.2) is 58.3 Å². The van der Waals surface area contributed by atoms with Crippen molar-refractivity contribution in [3.8, 4) is 17.1 Å². The summed E-state index contributed by atoms with van der Waals surface area (Å²) in [6.45, 7) is 0.522. The van der Waals surface area contributed by atoms with E-state index in [9.17, 15) is 8.42 Å². The summed E-state index contributed by atoms with van der Waals surface area (Å²) in [6.07, 6.45) is 4.82. The van der Waals surface area contributed by atoms with Gasteiger partial charge in [-0.2, -0.15) is 0 Å². The molecule has 1 aliphatic rings. The Morgan fingerprint density at radius 1 is 1.21 bits per heavy atom. The van der Waals surface area contributed by atoms with Gasteiger partial charge in [-0.05, 0) is 29.8 Å². The summed E-state index contributed by atoms with van der Waals surface area (Å²) in [5.41, 5.74) is 2.15. The van der Waals surface area contributed by atoms with Crippen molar-refractivity contribution in [3.05, 3.63) is 60.0 Å². The van der Waals surface area contributed by atoms with Crippen molar-refractivity contribution in [1.29, 1.82) is 0 Å². The highest BCUT2D eigenvalue weighted by Gasteiger charge is 2.24. The topological polar surface area (TPSA) is 94.3 Å². The number of rotatable bonds is 4. The fourth-order valence-electron chi connectivity index (χ4n) is 2.48. The number of hydrogen-bond acceptors (Lipinski definition) is 6. The molecule has 0 fully saturated rings. The summed E-state index contributed by atoms with van der Waals surface area (Å²) < 4.78 is 38.4. The van der Waals surface area contributed by atoms with Crippen LogP contribution in [-0.4, -0.2) is 18.6 Å². The summed E-state index contributed by atoms with van der Waals surface area (Å²) in [5, 5.41) is 3.74. The molecule has 4 rings (SSSR count). The molecule has 3 heterocycles. The van der Waals surface area contributed by atoms with Gasteiger partial charge in [0.1, 0.15) is 12.4 Å². The van der Waals surface area contributed by atoms with Crippen LogP contribution in [0.5, 0.6) is 5.75 Å². The lowest BCUT2D eigenvalue weighted by Gasteiger charge is -2.16. The Kier molecular flexibility index (Phi) is 3.55. The molecule has 0 spiro atoms. The lowest BCUT2D eigenvalue weighted by molar-refractivity contribution is 0.297. The zero-order valence-corrected chi connectivity index (χ0v) is 13.3. The predicted octanol–water partition coefficient (Wildman–Crippen LogP) is 2.11. The molecule has 0 saturated heterocycles. The van der Waals surface area contributed by atoms with E-state index in [0.29, 0.717) is 23.7 Å². The zero-order chi connectivity index (χ0) is 16.6. The van der Waals surface area contributed by atoms with Crippen molar-refractivity contribution in [2.24, 2.45) is 0 Å². The number of pyridine rings is 1. The van der Waals surface area contributed by atoms with Crippen molar-refractivity contribution in [3.63, 3.8) is 0 Å². The normalized spacial score (nSPS) is 13.0. The van der Waals surface area contributed by atoms with Crippen molar-refractivity contribution >= 4 is 10.0 Å².